The number of rotatable bonds is 4. The first-order valence-corrected chi connectivity index (χ1v) is 10.0. The topological polar surface area (TPSA) is 75.7 Å². The average Bonchev–Trinajstić information content (AvgIpc) is 3.09. The van der Waals surface area contributed by atoms with Gasteiger partial charge in [0.1, 0.15) is 5.00 Å². The minimum atomic E-state index is -0.939. The Labute approximate surface area is 168 Å². The highest BCUT2D eigenvalue weighted by Gasteiger charge is 2.35. The van der Waals surface area contributed by atoms with Crippen LogP contribution in [0.2, 0.25) is 0 Å². The number of carbonyl (C=O) groups excluding carboxylic acids is 3. The number of ether oxygens (including phenoxy) is 1. The van der Waals surface area contributed by atoms with E-state index in [1.165, 1.54) is 18.3 Å². The van der Waals surface area contributed by atoms with E-state index in [0.29, 0.717) is 10.6 Å². The molecule has 0 spiro atoms. The van der Waals surface area contributed by atoms with Gasteiger partial charge in [0, 0.05) is 23.5 Å². The van der Waals surface area contributed by atoms with E-state index in [0.717, 1.165) is 28.1 Å². The normalized spacial score (nSPS) is 16.5. The average molecular weight is 401 g/mol. The third-order valence-electron chi connectivity index (χ3n) is 4.96. The molecule has 0 saturated carbocycles. The third-order valence-corrected chi connectivity index (χ3v) is 6.08. The maximum absolute atomic E-state index is 13.0. The number of fused-ring (bicyclic) bond motifs is 1. The van der Waals surface area contributed by atoms with Gasteiger partial charge in [-0.05, 0) is 51.3 Å². The summed E-state index contributed by atoms with van der Waals surface area (Å²) in [5.41, 5.74) is 3.04. The molecule has 1 aliphatic heterocycles. The summed E-state index contributed by atoms with van der Waals surface area (Å²) >= 11 is 1.32. The number of esters is 1. The second-order valence-electron chi connectivity index (χ2n) is 7.11. The lowest BCUT2D eigenvalue weighted by molar-refractivity contribution is -0.126. The van der Waals surface area contributed by atoms with E-state index < -0.39 is 12.1 Å². The molecule has 1 aliphatic rings. The number of aryl methyl sites for hydroxylation is 1. The van der Waals surface area contributed by atoms with Crippen molar-refractivity contribution in [3.8, 4) is 0 Å². The number of thiophene rings is 1. The van der Waals surface area contributed by atoms with Crippen LogP contribution in [0.1, 0.15) is 47.1 Å². The SMILES string of the molecule is CC(=O)Nc1sc(C)c(C)c1C(=O)O[C@H](C)C(=O)N1c2ccccc2C[C@H]1C. The summed E-state index contributed by atoms with van der Waals surface area (Å²) in [5, 5.41) is 3.13. The Balaban J connectivity index is 1.80. The molecule has 0 bridgehead atoms. The fourth-order valence-electron chi connectivity index (χ4n) is 3.49. The van der Waals surface area contributed by atoms with Crippen LogP contribution in [0.25, 0.3) is 0 Å². The van der Waals surface area contributed by atoms with Gasteiger partial charge < -0.3 is 15.0 Å². The lowest BCUT2D eigenvalue weighted by Crippen LogP contribution is -2.43. The smallest absolute Gasteiger partial charge is 0.342 e. The zero-order valence-electron chi connectivity index (χ0n) is 16.7. The maximum Gasteiger partial charge on any atom is 0.342 e. The first-order valence-electron chi connectivity index (χ1n) is 9.20. The van der Waals surface area contributed by atoms with E-state index in [9.17, 15) is 14.4 Å². The van der Waals surface area contributed by atoms with Gasteiger partial charge in [0.25, 0.3) is 5.91 Å². The van der Waals surface area contributed by atoms with Gasteiger partial charge in [0.15, 0.2) is 6.10 Å². The van der Waals surface area contributed by atoms with Crippen LogP contribution in [0.5, 0.6) is 0 Å². The van der Waals surface area contributed by atoms with E-state index in [4.69, 9.17) is 4.74 Å². The van der Waals surface area contributed by atoms with Crippen molar-refractivity contribution in [2.45, 2.75) is 53.2 Å². The van der Waals surface area contributed by atoms with Crippen molar-refractivity contribution in [1.29, 1.82) is 0 Å². The van der Waals surface area contributed by atoms with Crippen LogP contribution < -0.4 is 10.2 Å². The largest absolute Gasteiger partial charge is 0.449 e. The number of anilines is 2. The maximum atomic E-state index is 13.0. The molecule has 28 heavy (non-hydrogen) atoms. The van der Waals surface area contributed by atoms with Crippen molar-refractivity contribution < 1.29 is 19.1 Å². The minimum Gasteiger partial charge on any atom is -0.449 e. The Morgan fingerprint density at radius 1 is 1.25 bits per heavy atom. The van der Waals surface area contributed by atoms with Gasteiger partial charge in [-0.15, -0.1) is 11.3 Å². The van der Waals surface area contributed by atoms with E-state index >= 15 is 0 Å². The van der Waals surface area contributed by atoms with Gasteiger partial charge >= 0.3 is 5.97 Å². The quantitative estimate of drug-likeness (QED) is 0.791. The number of para-hydroxylation sites is 1. The molecule has 0 radical (unpaired) electrons. The highest BCUT2D eigenvalue weighted by molar-refractivity contribution is 7.16. The zero-order chi connectivity index (χ0) is 20.6. The molecule has 2 amide bonds. The van der Waals surface area contributed by atoms with Crippen molar-refractivity contribution in [2.24, 2.45) is 0 Å². The highest BCUT2D eigenvalue weighted by Crippen LogP contribution is 2.35. The van der Waals surface area contributed by atoms with E-state index in [-0.39, 0.29) is 17.9 Å². The van der Waals surface area contributed by atoms with E-state index in [2.05, 4.69) is 5.32 Å². The molecule has 0 fully saturated rings. The molecule has 148 valence electrons. The van der Waals surface area contributed by atoms with Crippen molar-refractivity contribution in [3.05, 3.63) is 45.8 Å². The molecule has 0 saturated heterocycles. The summed E-state index contributed by atoms with van der Waals surface area (Å²) in [5.74, 6) is -1.12. The van der Waals surface area contributed by atoms with Crippen LogP contribution in [0, 0.1) is 13.8 Å². The Kier molecular flexibility index (Phi) is 5.56. The van der Waals surface area contributed by atoms with Crippen LogP contribution in [-0.4, -0.2) is 29.9 Å². The van der Waals surface area contributed by atoms with E-state index in [1.807, 2.05) is 38.1 Å². The number of benzene rings is 1. The van der Waals surface area contributed by atoms with Crippen LogP contribution in [0.15, 0.2) is 24.3 Å². The Hall–Kier alpha value is -2.67. The number of hydrogen-bond acceptors (Lipinski definition) is 5. The molecular formula is C21H24N2O4S. The highest BCUT2D eigenvalue weighted by atomic mass is 32.1. The summed E-state index contributed by atoms with van der Waals surface area (Å²) in [6.45, 7) is 8.63. The molecule has 2 aromatic rings. The summed E-state index contributed by atoms with van der Waals surface area (Å²) in [6.07, 6.45) is -0.163. The molecule has 6 nitrogen and oxygen atoms in total. The molecule has 2 heterocycles. The summed E-state index contributed by atoms with van der Waals surface area (Å²) in [7, 11) is 0. The number of hydrogen-bond donors (Lipinski definition) is 1. The van der Waals surface area contributed by atoms with Gasteiger partial charge in [0.05, 0.1) is 5.56 Å². The van der Waals surface area contributed by atoms with Crippen molar-refractivity contribution in [1.82, 2.24) is 0 Å². The fourth-order valence-corrected chi connectivity index (χ4v) is 4.58. The first kappa shape index (κ1) is 20.1. The Morgan fingerprint density at radius 3 is 2.61 bits per heavy atom. The zero-order valence-corrected chi connectivity index (χ0v) is 17.5. The Morgan fingerprint density at radius 2 is 1.93 bits per heavy atom. The lowest BCUT2D eigenvalue weighted by Gasteiger charge is -2.26. The number of nitrogens with one attached hydrogen (secondary N) is 1. The van der Waals surface area contributed by atoms with Crippen LogP contribution in [0.4, 0.5) is 10.7 Å². The van der Waals surface area contributed by atoms with E-state index in [1.54, 1.807) is 18.7 Å². The van der Waals surface area contributed by atoms with Crippen molar-refractivity contribution in [2.75, 3.05) is 10.2 Å². The molecule has 1 N–H and O–H groups in total. The second-order valence-corrected chi connectivity index (χ2v) is 8.33. The summed E-state index contributed by atoms with van der Waals surface area (Å²) in [4.78, 5) is 39.9. The minimum absolute atomic E-state index is 0.00567. The molecular weight excluding hydrogens is 376 g/mol. The standard InChI is InChI=1S/C21H24N2O4S/c1-11-10-16-8-6-7-9-17(16)23(11)20(25)13(3)27-21(26)18-12(2)14(4)28-19(18)22-15(5)24/h6-9,11,13H,10H2,1-5H3,(H,22,24)/t11-,13-/m1/s1. The summed E-state index contributed by atoms with van der Waals surface area (Å²) in [6, 6.07) is 7.77. The monoisotopic (exact) mass is 400 g/mol. The third kappa shape index (κ3) is 3.67. The molecule has 1 aromatic heterocycles. The van der Waals surface area contributed by atoms with Crippen LogP contribution in [-0.2, 0) is 20.7 Å². The molecule has 1 aromatic carbocycles. The van der Waals surface area contributed by atoms with Crippen LogP contribution in [0.3, 0.4) is 0 Å². The van der Waals surface area contributed by atoms with Gasteiger partial charge in [-0.3, -0.25) is 9.59 Å². The number of carbonyl (C=O) groups is 3. The predicted octanol–water partition coefficient (Wildman–Crippen LogP) is 3.85. The molecule has 0 aliphatic carbocycles. The van der Waals surface area contributed by atoms with Gasteiger partial charge in [0.2, 0.25) is 5.91 Å². The number of amides is 2. The molecule has 0 unspecified atom stereocenters. The summed E-state index contributed by atoms with van der Waals surface area (Å²) < 4.78 is 5.52. The second kappa shape index (κ2) is 7.75. The molecule has 2 atom stereocenters. The van der Waals surface area contributed by atoms with Gasteiger partial charge in [-0.2, -0.15) is 0 Å². The lowest BCUT2D eigenvalue weighted by atomic mass is 10.1. The predicted molar refractivity (Wildman–Crippen MR) is 110 cm³/mol. The first-order chi connectivity index (χ1) is 13.2. The van der Waals surface area contributed by atoms with Gasteiger partial charge in [-0.1, -0.05) is 18.2 Å². The van der Waals surface area contributed by atoms with Crippen molar-refractivity contribution >= 4 is 39.8 Å². The molecule has 7 heteroatoms. The van der Waals surface area contributed by atoms with Crippen LogP contribution >= 0.6 is 11.3 Å². The fraction of sp³-hybridized carbons (Fsp3) is 0.381. The number of nitrogens with zero attached hydrogens (tertiary/aromatic N) is 1. The van der Waals surface area contributed by atoms with Gasteiger partial charge in [-0.25, -0.2) is 4.79 Å². The van der Waals surface area contributed by atoms with Crippen molar-refractivity contribution in [3.63, 3.8) is 0 Å². The Bertz CT molecular complexity index is 950. The molecule has 3 rings (SSSR count).